The number of hydrogen-bond acceptors (Lipinski definition) is 7. The van der Waals surface area contributed by atoms with Crippen LogP contribution >= 0.6 is 0 Å². The first-order chi connectivity index (χ1) is 19.8. The van der Waals surface area contributed by atoms with E-state index in [0.29, 0.717) is 41.2 Å². The lowest BCUT2D eigenvalue weighted by Gasteiger charge is -2.19. The number of aromatic nitrogens is 3. The summed E-state index contributed by atoms with van der Waals surface area (Å²) in [7, 11) is 3.04. The van der Waals surface area contributed by atoms with Crippen molar-refractivity contribution in [3.63, 3.8) is 0 Å². The number of hydrogen-bond donors (Lipinski definition) is 1. The van der Waals surface area contributed by atoms with Crippen molar-refractivity contribution in [1.29, 1.82) is 0 Å². The van der Waals surface area contributed by atoms with Gasteiger partial charge in [0.15, 0.2) is 34.5 Å². The standard InChI is InChI=1S/C30H28F2N4O5/c1-5-40-28-16-36(23-8-6-18(31)12-17(23)2)35-29(28)30(37)34-19-7-9-25(21(32)13-19)41-24-10-11-33-22-15-27(39-4)26(38-3)14-20(22)24/h6-7,9-16,23H,5,8H2,1-4H3,(H,34,37). The first kappa shape index (κ1) is 27.6. The van der Waals surface area contributed by atoms with Gasteiger partial charge in [-0.3, -0.25) is 14.5 Å². The van der Waals surface area contributed by atoms with Gasteiger partial charge in [-0.25, -0.2) is 8.78 Å². The SMILES string of the molecule is CCOc1cn(C2CC=C(F)C=C2C)nc1C(=O)Nc1ccc(Oc2ccnc3cc(OC)c(OC)cc23)c(F)c1. The number of methoxy groups -OCH3 is 2. The third-order valence-corrected chi connectivity index (χ3v) is 6.58. The summed E-state index contributed by atoms with van der Waals surface area (Å²) in [5, 5.41) is 7.68. The van der Waals surface area contributed by atoms with E-state index in [1.54, 1.807) is 49.1 Å². The number of nitrogens with one attached hydrogen (secondary N) is 1. The number of amides is 1. The van der Waals surface area contributed by atoms with Crippen molar-refractivity contribution in [2.24, 2.45) is 0 Å². The fraction of sp³-hybridized carbons (Fsp3) is 0.233. The third-order valence-electron chi connectivity index (χ3n) is 6.58. The molecule has 11 heteroatoms. The molecule has 1 aliphatic rings. The first-order valence-corrected chi connectivity index (χ1v) is 12.9. The number of rotatable bonds is 9. The Kier molecular flexibility index (Phi) is 7.86. The Balaban J connectivity index is 1.36. The third kappa shape index (κ3) is 5.69. The minimum atomic E-state index is -0.694. The molecule has 0 spiro atoms. The average Bonchev–Trinajstić information content (AvgIpc) is 3.37. The van der Waals surface area contributed by atoms with E-state index in [1.807, 2.05) is 0 Å². The van der Waals surface area contributed by atoms with Crippen LogP contribution in [-0.2, 0) is 0 Å². The second-order valence-corrected chi connectivity index (χ2v) is 9.22. The molecule has 2 aromatic heterocycles. The number of allylic oxidation sites excluding steroid dienone is 4. The minimum Gasteiger partial charge on any atom is -0.493 e. The van der Waals surface area contributed by atoms with Gasteiger partial charge in [-0.05, 0) is 62.3 Å². The van der Waals surface area contributed by atoms with Gasteiger partial charge in [0.25, 0.3) is 5.91 Å². The fourth-order valence-electron chi connectivity index (χ4n) is 4.56. The van der Waals surface area contributed by atoms with Crippen molar-refractivity contribution in [2.45, 2.75) is 26.3 Å². The van der Waals surface area contributed by atoms with Crippen LogP contribution in [0.25, 0.3) is 10.9 Å². The van der Waals surface area contributed by atoms with Crippen molar-refractivity contribution in [2.75, 3.05) is 26.1 Å². The Morgan fingerprint density at radius 2 is 1.83 bits per heavy atom. The maximum Gasteiger partial charge on any atom is 0.280 e. The zero-order valence-electron chi connectivity index (χ0n) is 22.9. The van der Waals surface area contributed by atoms with E-state index in [-0.39, 0.29) is 34.7 Å². The maximum absolute atomic E-state index is 15.2. The molecule has 5 rings (SSSR count). The van der Waals surface area contributed by atoms with Crippen LogP contribution in [-0.4, -0.2) is 41.5 Å². The smallest absolute Gasteiger partial charge is 0.280 e. The first-order valence-electron chi connectivity index (χ1n) is 12.9. The number of carbonyl (C=O) groups is 1. The predicted molar refractivity (Wildman–Crippen MR) is 149 cm³/mol. The Morgan fingerprint density at radius 3 is 2.54 bits per heavy atom. The van der Waals surface area contributed by atoms with Gasteiger partial charge >= 0.3 is 0 Å². The summed E-state index contributed by atoms with van der Waals surface area (Å²) in [4.78, 5) is 17.5. The lowest BCUT2D eigenvalue weighted by atomic mass is 10.0. The molecule has 1 atom stereocenters. The molecule has 2 heterocycles. The van der Waals surface area contributed by atoms with E-state index >= 15 is 4.39 Å². The van der Waals surface area contributed by atoms with E-state index < -0.39 is 11.7 Å². The summed E-state index contributed by atoms with van der Waals surface area (Å²) >= 11 is 0. The summed E-state index contributed by atoms with van der Waals surface area (Å²) in [5.41, 5.74) is 1.57. The highest BCUT2D eigenvalue weighted by atomic mass is 19.1. The lowest BCUT2D eigenvalue weighted by Crippen LogP contribution is -2.17. The van der Waals surface area contributed by atoms with Gasteiger partial charge in [0, 0.05) is 29.4 Å². The molecule has 1 N–H and O–H groups in total. The van der Waals surface area contributed by atoms with Crippen LogP contribution in [0.5, 0.6) is 28.7 Å². The van der Waals surface area contributed by atoms with Crippen LogP contribution in [0.15, 0.2) is 72.3 Å². The normalized spacial score (nSPS) is 14.7. The highest BCUT2D eigenvalue weighted by Crippen LogP contribution is 2.38. The van der Waals surface area contributed by atoms with Crippen LogP contribution < -0.4 is 24.3 Å². The molecule has 0 radical (unpaired) electrons. The highest BCUT2D eigenvalue weighted by Gasteiger charge is 2.24. The minimum absolute atomic E-state index is 0.0306. The van der Waals surface area contributed by atoms with Gasteiger partial charge in [-0.2, -0.15) is 5.10 Å². The van der Waals surface area contributed by atoms with Crippen LogP contribution in [0.4, 0.5) is 14.5 Å². The Labute approximate surface area is 235 Å². The monoisotopic (exact) mass is 562 g/mol. The summed E-state index contributed by atoms with van der Waals surface area (Å²) in [5.74, 6) is -0.0240. The van der Waals surface area contributed by atoms with Crippen molar-refractivity contribution < 1.29 is 32.5 Å². The number of carbonyl (C=O) groups excluding carboxylic acids is 1. The van der Waals surface area contributed by atoms with E-state index in [4.69, 9.17) is 18.9 Å². The second kappa shape index (κ2) is 11.7. The summed E-state index contributed by atoms with van der Waals surface area (Å²) in [6.07, 6.45) is 6.45. The molecule has 41 heavy (non-hydrogen) atoms. The highest BCUT2D eigenvalue weighted by molar-refractivity contribution is 6.04. The van der Waals surface area contributed by atoms with Crippen LogP contribution in [0.2, 0.25) is 0 Å². The molecule has 0 saturated carbocycles. The summed E-state index contributed by atoms with van der Waals surface area (Å²) in [6, 6.07) is 8.85. The Bertz CT molecular complexity index is 1680. The predicted octanol–water partition coefficient (Wildman–Crippen LogP) is 6.78. The quantitative estimate of drug-likeness (QED) is 0.240. The number of fused-ring (bicyclic) bond motifs is 1. The molecule has 1 unspecified atom stereocenters. The zero-order chi connectivity index (χ0) is 29.1. The molecule has 4 aromatic rings. The molecule has 2 aromatic carbocycles. The average molecular weight is 563 g/mol. The molecule has 0 saturated heterocycles. The summed E-state index contributed by atoms with van der Waals surface area (Å²) in [6.45, 7) is 3.89. The fourth-order valence-corrected chi connectivity index (χ4v) is 4.56. The van der Waals surface area contributed by atoms with Crippen molar-refractivity contribution in [1.82, 2.24) is 14.8 Å². The molecule has 0 aliphatic heterocycles. The van der Waals surface area contributed by atoms with Gasteiger partial charge in [-0.1, -0.05) is 0 Å². The van der Waals surface area contributed by atoms with Gasteiger partial charge in [0.1, 0.15) is 11.6 Å². The van der Waals surface area contributed by atoms with Gasteiger partial charge in [0.2, 0.25) is 0 Å². The number of halogens is 2. The Morgan fingerprint density at radius 1 is 1.05 bits per heavy atom. The van der Waals surface area contributed by atoms with E-state index in [0.717, 1.165) is 11.6 Å². The molecule has 212 valence electrons. The molecule has 0 bridgehead atoms. The van der Waals surface area contributed by atoms with Gasteiger partial charge in [0.05, 0.1) is 38.6 Å². The van der Waals surface area contributed by atoms with Crippen molar-refractivity contribution in [3.05, 3.63) is 83.9 Å². The van der Waals surface area contributed by atoms with E-state index in [1.165, 1.54) is 38.5 Å². The number of ether oxygens (including phenoxy) is 4. The van der Waals surface area contributed by atoms with Gasteiger partial charge < -0.3 is 24.3 Å². The number of pyridine rings is 1. The lowest BCUT2D eigenvalue weighted by molar-refractivity contribution is 0.101. The largest absolute Gasteiger partial charge is 0.493 e. The van der Waals surface area contributed by atoms with E-state index in [2.05, 4.69) is 15.4 Å². The molecule has 9 nitrogen and oxygen atoms in total. The molecular weight excluding hydrogens is 534 g/mol. The maximum atomic E-state index is 15.2. The molecular formula is C30H28F2N4O5. The molecule has 0 fully saturated rings. The van der Waals surface area contributed by atoms with Crippen LogP contribution in [0.3, 0.4) is 0 Å². The van der Waals surface area contributed by atoms with Gasteiger partial charge in [-0.15, -0.1) is 0 Å². The number of anilines is 1. The summed E-state index contributed by atoms with van der Waals surface area (Å²) < 4.78 is 52.6. The van der Waals surface area contributed by atoms with Crippen LogP contribution in [0.1, 0.15) is 36.8 Å². The van der Waals surface area contributed by atoms with Crippen molar-refractivity contribution in [3.8, 4) is 28.7 Å². The van der Waals surface area contributed by atoms with Crippen LogP contribution in [0, 0.1) is 5.82 Å². The number of benzene rings is 2. The molecule has 1 aliphatic carbocycles. The topological polar surface area (TPSA) is 96.7 Å². The Hall–Kier alpha value is -4.93. The van der Waals surface area contributed by atoms with E-state index in [9.17, 15) is 9.18 Å². The number of nitrogens with zero attached hydrogens (tertiary/aromatic N) is 3. The van der Waals surface area contributed by atoms with Crippen molar-refractivity contribution >= 4 is 22.5 Å². The second-order valence-electron chi connectivity index (χ2n) is 9.22. The molecule has 1 amide bonds. The zero-order valence-corrected chi connectivity index (χ0v) is 22.9.